The Balaban J connectivity index is 0.000000143. The number of carbonyl (C=O) groups is 3. The van der Waals surface area contributed by atoms with Crippen molar-refractivity contribution in [3.63, 3.8) is 0 Å². The number of anilines is 3. The summed E-state index contributed by atoms with van der Waals surface area (Å²) in [5, 5.41) is 21.3. The van der Waals surface area contributed by atoms with E-state index in [2.05, 4.69) is 60.7 Å². The van der Waals surface area contributed by atoms with Crippen LogP contribution in [0.15, 0.2) is 144 Å². The summed E-state index contributed by atoms with van der Waals surface area (Å²) in [6.07, 6.45) is 8.70. The van der Waals surface area contributed by atoms with Gasteiger partial charge in [0, 0.05) is 70.4 Å². The van der Waals surface area contributed by atoms with Crippen LogP contribution in [0.4, 0.5) is 35.0 Å². The van der Waals surface area contributed by atoms with Gasteiger partial charge >= 0.3 is 17.1 Å². The van der Waals surface area contributed by atoms with E-state index >= 15 is 17.6 Å². The van der Waals surface area contributed by atoms with Crippen molar-refractivity contribution < 1.29 is 51.3 Å². The molecule has 3 amide bonds. The quantitative estimate of drug-likeness (QED) is 0.0827. The minimum absolute atomic E-state index is 0.00461. The van der Waals surface area contributed by atoms with Gasteiger partial charge in [-0.05, 0) is 135 Å². The van der Waals surface area contributed by atoms with Crippen LogP contribution in [0.5, 0.6) is 23.0 Å². The number of amides is 3. The molecule has 668 valence electrons. The molecule has 0 spiro atoms. The predicted molar refractivity (Wildman–Crippen MR) is 487 cm³/mol. The number of nitriles is 1. The lowest BCUT2D eigenvalue weighted by Gasteiger charge is -2.46. The van der Waals surface area contributed by atoms with Crippen LogP contribution < -0.4 is 46.0 Å². The van der Waals surface area contributed by atoms with Crippen LogP contribution in [0.1, 0.15) is 106 Å². The molecular weight excluding hydrogens is 1760 g/mol. The van der Waals surface area contributed by atoms with Crippen molar-refractivity contribution >= 4 is 115 Å². The molecule has 37 heteroatoms. The first-order valence-corrected chi connectivity index (χ1v) is 43.3. The number of fused-ring (bicyclic) bond motifs is 6. The fraction of sp³-hybridized carbons (Fsp3) is 0.312. The van der Waals surface area contributed by atoms with E-state index in [1.165, 1.54) is 74.4 Å². The Morgan fingerprint density at radius 2 is 0.931 bits per heavy atom. The maximum Gasteiger partial charge on any atom is 0.355 e. The second kappa shape index (κ2) is 35.9. The number of benzene rings is 3. The Bertz CT molecular complexity index is 6950. The van der Waals surface area contributed by atoms with E-state index in [1.54, 1.807) is 57.6 Å². The monoisotopic (exact) mass is 1840 g/mol. The minimum Gasteiger partial charge on any atom is -0.507 e. The molecular formula is C93H85Cl4F4N19O10. The highest BCUT2D eigenvalue weighted by atomic mass is 35.5. The first-order valence-electron chi connectivity index (χ1n) is 41.8. The van der Waals surface area contributed by atoms with Gasteiger partial charge in [0.1, 0.15) is 92.4 Å². The van der Waals surface area contributed by atoms with Crippen LogP contribution in [0, 0.1) is 55.4 Å². The van der Waals surface area contributed by atoms with E-state index in [0.29, 0.717) is 82.5 Å². The standard InChI is InChI=1S/C32H28Cl2FN7O3.C31H29Cl2FN6O3.C30H28F2N6O4/c1-5-22(43)40-13-14-41-21(20(40)9-11-36)15-45-29-24-30(41)39-32(44)42(28-17(4)10-12-37-26(28)16(2)3)31(24)38-27(25(29)34)23-18(33)7-6-8-19(23)35;1-6-21(41)38-12-17(5)39-18(13-38)14-43-28-23-29(36-26(24(28)33)22-19(32)8-7-9-20(22)34)40(31(42)37-30(23)39)27-16(4)10-11-35-25(27)15(2)3;1-5-20(40)36-11-12-37-17(13-36)14-42-27-22-28(37)35-30(41)38(26-16(4)9-10-33-24(26)15(2)3)29(22)34-25(23(27)32)21-18(31)7-6-8-19(21)39/h5-8,10,12,16,20-21H,1,9,13-15H2,2-4H3;6-11,15,17-18H,1,12-14H2,2-5H3;5-10,15,17,39H,1,11-14H2,2-4H3. The van der Waals surface area contributed by atoms with Crippen molar-refractivity contribution in [3.05, 3.63) is 238 Å². The Labute approximate surface area is 761 Å². The summed E-state index contributed by atoms with van der Waals surface area (Å²) in [6.45, 7) is 32.1. The van der Waals surface area contributed by atoms with Gasteiger partial charge in [0.2, 0.25) is 17.7 Å². The molecule has 29 nitrogen and oxygen atoms in total. The molecule has 0 bridgehead atoms. The number of pyridine rings is 6. The summed E-state index contributed by atoms with van der Waals surface area (Å²) in [5.41, 5.74) is 2.84. The van der Waals surface area contributed by atoms with Gasteiger partial charge in [0.15, 0.2) is 40.0 Å². The average molecular weight is 1850 g/mol. The number of aromatic nitrogens is 12. The summed E-state index contributed by atoms with van der Waals surface area (Å²) in [6, 6.07) is 17.3. The van der Waals surface area contributed by atoms with Gasteiger partial charge in [-0.3, -0.25) is 29.3 Å². The van der Waals surface area contributed by atoms with E-state index in [4.69, 9.17) is 70.6 Å². The smallest absolute Gasteiger partial charge is 0.355 e. The number of hydrogen-bond acceptors (Lipinski definition) is 23. The number of phenolic OH excluding ortho intramolecular Hbond substituents is 1. The van der Waals surface area contributed by atoms with Crippen LogP contribution in [-0.4, -0.2) is 192 Å². The summed E-state index contributed by atoms with van der Waals surface area (Å²) >= 11 is 27.0. The number of aromatic hydroxyl groups is 1. The zero-order chi connectivity index (χ0) is 92.8. The second-order valence-electron chi connectivity index (χ2n) is 33.0. The number of carbonyl (C=O) groups excluding carboxylic acids is 3. The van der Waals surface area contributed by atoms with E-state index in [0.717, 1.165) is 17.2 Å². The Hall–Kier alpha value is -13.4. The van der Waals surface area contributed by atoms with Crippen molar-refractivity contribution in [1.29, 1.82) is 5.26 Å². The van der Waals surface area contributed by atoms with Gasteiger partial charge in [-0.25, -0.2) is 60.6 Å². The van der Waals surface area contributed by atoms with Gasteiger partial charge in [-0.2, -0.15) is 20.2 Å². The van der Waals surface area contributed by atoms with E-state index < -0.39 is 75.5 Å². The molecule has 0 aliphatic carbocycles. The van der Waals surface area contributed by atoms with Crippen molar-refractivity contribution in [2.24, 2.45) is 0 Å². The highest BCUT2D eigenvalue weighted by molar-refractivity contribution is 6.39. The fourth-order valence-corrected chi connectivity index (χ4v) is 19.1. The molecule has 18 rings (SSSR count). The highest BCUT2D eigenvalue weighted by Crippen LogP contribution is 2.52. The van der Waals surface area contributed by atoms with Crippen LogP contribution in [0.2, 0.25) is 20.1 Å². The largest absolute Gasteiger partial charge is 0.507 e. The van der Waals surface area contributed by atoms with Crippen molar-refractivity contribution in [3.8, 4) is 79.9 Å². The fourth-order valence-electron chi connectivity index (χ4n) is 18.0. The van der Waals surface area contributed by atoms with Gasteiger partial charge in [-0.1, -0.05) is 126 Å². The third-order valence-corrected chi connectivity index (χ3v) is 25.3. The lowest BCUT2D eigenvalue weighted by molar-refractivity contribution is -0.130. The zero-order valence-electron chi connectivity index (χ0n) is 72.1. The number of ether oxygens (including phenoxy) is 3. The van der Waals surface area contributed by atoms with E-state index in [1.807, 2.05) is 83.9 Å². The second-order valence-corrected chi connectivity index (χ2v) is 34.6. The summed E-state index contributed by atoms with van der Waals surface area (Å²) in [4.78, 5) is 132. The third kappa shape index (κ3) is 15.5. The number of hydrogen-bond donors (Lipinski definition) is 1. The molecule has 1 N–H and O–H groups in total. The molecule has 9 aromatic heterocycles. The maximum atomic E-state index is 16.4. The molecule has 5 atom stereocenters. The molecule has 130 heavy (non-hydrogen) atoms. The molecule has 3 fully saturated rings. The van der Waals surface area contributed by atoms with Gasteiger partial charge in [0.25, 0.3) is 0 Å². The van der Waals surface area contributed by atoms with Crippen LogP contribution in [0.25, 0.3) is 83.9 Å². The maximum absolute atomic E-state index is 16.4. The Morgan fingerprint density at radius 3 is 1.41 bits per heavy atom. The Morgan fingerprint density at radius 1 is 0.515 bits per heavy atom. The highest BCUT2D eigenvalue weighted by Gasteiger charge is 2.46. The first kappa shape index (κ1) is 90.0. The third-order valence-electron chi connectivity index (χ3n) is 24.0. The summed E-state index contributed by atoms with van der Waals surface area (Å²) < 4.78 is 85.1. The lowest BCUT2D eigenvalue weighted by atomic mass is 9.98. The normalized spacial score (nSPS) is 17.2. The molecule has 15 heterocycles. The minimum atomic E-state index is -1.01. The SMILES string of the molecule is C=CC(=O)N1CC(C)N2c3nc(=O)n(-c4c(C)ccnc4C(C)C)c4nc(-c5c(F)cccc5Cl)c(Cl)c(c34)OCC2C1.C=CC(=O)N1CCN2c3nc(=O)n(-c4c(C)ccnc4C(C)C)c4nc(-c5c(F)cccc5Cl)c(Cl)c(c34)OCC2C1CC#N.C=CC(=O)N1CCN2c3nc(=O)n(-c4c(C)ccnc4C(C)C)c4nc(-c5c(O)cccc5F)c(F)c(c34)OCC2C1. The zero-order valence-corrected chi connectivity index (χ0v) is 75.1. The molecule has 3 aromatic carbocycles. The first-order chi connectivity index (χ1) is 62.2. The number of halogens is 8. The molecule has 3 saturated heterocycles. The van der Waals surface area contributed by atoms with Crippen molar-refractivity contribution in [2.75, 3.05) is 80.3 Å². The molecule has 0 saturated carbocycles. The van der Waals surface area contributed by atoms with Crippen molar-refractivity contribution in [1.82, 2.24) is 73.3 Å². The van der Waals surface area contributed by atoms with E-state index in [-0.39, 0.29) is 187 Å². The Kier molecular flexibility index (Phi) is 24.8. The lowest BCUT2D eigenvalue weighted by Crippen LogP contribution is -2.62. The van der Waals surface area contributed by atoms with E-state index in [9.17, 15) is 39.1 Å². The molecule has 0 radical (unpaired) electrons. The number of phenols is 1. The van der Waals surface area contributed by atoms with Crippen LogP contribution in [0.3, 0.4) is 0 Å². The number of rotatable bonds is 13. The van der Waals surface area contributed by atoms with Crippen LogP contribution in [-0.2, 0) is 14.4 Å². The average Bonchev–Trinajstić information content (AvgIpc) is 1.33. The summed E-state index contributed by atoms with van der Waals surface area (Å²) in [5.74, 6) is -3.97. The molecule has 5 unspecified atom stereocenters. The van der Waals surface area contributed by atoms with Crippen LogP contribution >= 0.6 is 46.4 Å². The molecule has 12 aromatic rings. The van der Waals surface area contributed by atoms with Crippen molar-refractivity contribution in [2.45, 2.75) is 124 Å². The van der Waals surface area contributed by atoms with Gasteiger partial charge in [-0.15, -0.1) is 0 Å². The topological polar surface area (TPSA) is 324 Å². The number of piperazine rings is 3. The number of nitrogens with zero attached hydrogens (tertiary/aromatic N) is 19. The van der Waals surface area contributed by atoms with Gasteiger partial charge < -0.3 is 48.7 Å². The van der Waals surface area contributed by atoms with Gasteiger partial charge in [0.05, 0.1) is 109 Å². The molecule has 6 aliphatic rings. The molecule has 6 aliphatic heterocycles. The number of aryl methyl sites for hydroxylation is 3. The summed E-state index contributed by atoms with van der Waals surface area (Å²) in [7, 11) is 0. The predicted octanol–water partition coefficient (Wildman–Crippen LogP) is 15.2.